The van der Waals surface area contributed by atoms with E-state index in [1.54, 1.807) is 20.1 Å². The first-order valence-corrected chi connectivity index (χ1v) is 8.28. The summed E-state index contributed by atoms with van der Waals surface area (Å²) in [5.41, 5.74) is 2.55. The van der Waals surface area contributed by atoms with Crippen LogP contribution in [-0.2, 0) is 4.79 Å². The summed E-state index contributed by atoms with van der Waals surface area (Å²) in [6, 6.07) is 5.55. The highest BCUT2D eigenvalue weighted by Gasteiger charge is 2.40. The van der Waals surface area contributed by atoms with E-state index in [1.807, 2.05) is 12.1 Å². The van der Waals surface area contributed by atoms with Gasteiger partial charge in [-0.1, -0.05) is 30.3 Å². The predicted molar refractivity (Wildman–Crippen MR) is 95.2 cm³/mol. The van der Waals surface area contributed by atoms with E-state index in [1.165, 1.54) is 0 Å². The third-order valence-electron chi connectivity index (χ3n) is 4.82. The Morgan fingerprint density at radius 1 is 1.17 bits per heavy atom. The van der Waals surface area contributed by atoms with Gasteiger partial charge in [0.1, 0.15) is 11.5 Å². The Morgan fingerprint density at radius 2 is 1.83 bits per heavy atom. The van der Waals surface area contributed by atoms with E-state index >= 15 is 0 Å². The lowest BCUT2D eigenvalue weighted by Gasteiger charge is -2.22. The van der Waals surface area contributed by atoms with Crippen LogP contribution in [0.1, 0.15) is 36.3 Å². The van der Waals surface area contributed by atoms with Gasteiger partial charge in [0, 0.05) is 44.3 Å². The van der Waals surface area contributed by atoms with Crippen LogP contribution in [0.5, 0.6) is 11.5 Å². The molecule has 122 valence electrons. The van der Waals surface area contributed by atoms with E-state index < -0.39 is 5.97 Å². The molecule has 0 amide bonds. The first kappa shape index (κ1) is 15.3. The molecule has 0 aliphatic heterocycles. The van der Waals surface area contributed by atoms with Crippen molar-refractivity contribution in [1.82, 2.24) is 0 Å². The average molecular weight is 341 g/mol. The average Bonchev–Trinajstić information content (AvgIpc) is 3.16. The van der Waals surface area contributed by atoms with Crippen LogP contribution >= 0.6 is 11.6 Å². The first-order valence-electron chi connectivity index (χ1n) is 7.90. The summed E-state index contributed by atoms with van der Waals surface area (Å²) in [5.74, 6) is 1.58. The summed E-state index contributed by atoms with van der Waals surface area (Å²) in [4.78, 5) is 12.2. The van der Waals surface area contributed by atoms with Gasteiger partial charge in [0.2, 0.25) is 0 Å². The quantitative estimate of drug-likeness (QED) is 0.336. The molecule has 0 N–H and O–H groups in total. The third-order valence-corrected chi connectivity index (χ3v) is 5.06. The van der Waals surface area contributed by atoms with Crippen LogP contribution in [0.25, 0.3) is 10.8 Å². The molecule has 2 aliphatic carbocycles. The Labute approximate surface area is 145 Å². The minimum atomic E-state index is -0.412. The highest BCUT2D eigenvalue weighted by atomic mass is 35.5. The maximum absolute atomic E-state index is 12.2. The second-order valence-corrected chi connectivity index (χ2v) is 6.82. The number of hydrogen-bond donors (Lipinski definition) is 0. The largest absolute Gasteiger partial charge is 0.496 e. The number of halogens is 1. The van der Waals surface area contributed by atoms with Crippen LogP contribution in [0.2, 0.25) is 5.02 Å². The fraction of sp³-hybridized carbons (Fsp3) is 0.250. The van der Waals surface area contributed by atoms with Gasteiger partial charge in [-0.15, -0.1) is 0 Å². The molecule has 0 spiro atoms. The molecule has 2 aliphatic rings. The van der Waals surface area contributed by atoms with Crippen molar-refractivity contribution < 1.29 is 14.3 Å². The fourth-order valence-electron chi connectivity index (χ4n) is 3.81. The lowest BCUT2D eigenvalue weighted by atomic mass is 9.90. The number of ether oxygens (including phenoxy) is 2. The van der Waals surface area contributed by atoms with Gasteiger partial charge in [-0.2, -0.15) is 0 Å². The third kappa shape index (κ3) is 2.08. The molecular formula is C20H17ClO3. The zero-order valence-electron chi connectivity index (χ0n) is 13.6. The number of methoxy groups -OCH3 is 1. The van der Waals surface area contributed by atoms with Gasteiger partial charge in [-0.25, -0.2) is 4.79 Å². The normalized spacial score (nSPS) is 20.3. The Kier molecular flexibility index (Phi) is 3.43. The second-order valence-electron chi connectivity index (χ2n) is 6.38. The molecule has 3 nitrogen and oxygen atoms in total. The molecule has 24 heavy (non-hydrogen) atoms. The van der Waals surface area contributed by atoms with Crippen LogP contribution in [0.15, 0.2) is 42.5 Å². The predicted octanol–water partition coefficient (Wildman–Crippen LogP) is 5.12. The van der Waals surface area contributed by atoms with Crippen LogP contribution < -0.4 is 9.47 Å². The molecule has 2 aromatic carbocycles. The molecule has 0 saturated heterocycles. The van der Waals surface area contributed by atoms with E-state index in [0.717, 1.165) is 34.1 Å². The molecule has 0 saturated carbocycles. The smallest absolute Gasteiger partial charge is 0.338 e. The SMILES string of the molecule is C=C(C)C(=O)Oc1c2c(c(OC)c3cc(Cl)ccc13)C1C=CC2C1. The molecular weight excluding hydrogens is 324 g/mol. The van der Waals surface area contributed by atoms with Gasteiger partial charge < -0.3 is 9.47 Å². The summed E-state index contributed by atoms with van der Waals surface area (Å²) in [6.07, 6.45) is 5.38. The minimum Gasteiger partial charge on any atom is -0.496 e. The number of fused-ring (bicyclic) bond motifs is 6. The van der Waals surface area contributed by atoms with Crippen molar-refractivity contribution in [3.63, 3.8) is 0 Å². The molecule has 0 fully saturated rings. The van der Waals surface area contributed by atoms with E-state index in [0.29, 0.717) is 22.3 Å². The Balaban J connectivity index is 2.06. The number of allylic oxidation sites excluding steroid dienone is 2. The number of carbonyl (C=O) groups excluding carboxylic acids is 1. The van der Waals surface area contributed by atoms with Crippen molar-refractivity contribution in [2.24, 2.45) is 0 Å². The summed E-state index contributed by atoms with van der Waals surface area (Å²) in [6.45, 7) is 5.34. The van der Waals surface area contributed by atoms with Gasteiger partial charge in [-0.3, -0.25) is 0 Å². The number of benzene rings is 2. The maximum Gasteiger partial charge on any atom is 0.338 e. The van der Waals surface area contributed by atoms with Crippen LogP contribution in [0, 0.1) is 0 Å². The monoisotopic (exact) mass is 340 g/mol. The molecule has 2 unspecified atom stereocenters. The van der Waals surface area contributed by atoms with E-state index in [4.69, 9.17) is 21.1 Å². The highest BCUT2D eigenvalue weighted by molar-refractivity contribution is 6.31. The fourth-order valence-corrected chi connectivity index (χ4v) is 3.98. The lowest BCUT2D eigenvalue weighted by Crippen LogP contribution is -2.12. The number of esters is 1. The van der Waals surface area contributed by atoms with Crippen LogP contribution in [0.3, 0.4) is 0 Å². The van der Waals surface area contributed by atoms with E-state index in [2.05, 4.69) is 18.7 Å². The van der Waals surface area contributed by atoms with E-state index in [9.17, 15) is 4.79 Å². The van der Waals surface area contributed by atoms with Crippen molar-refractivity contribution in [3.8, 4) is 11.5 Å². The standard InChI is InChI=1S/C20H17ClO3/c1-10(2)20(22)24-19-14-7-6-13(21)9-15(14)18(23-3)16-11-4-5-12(8-11)17(16)19/h4-7,9,11-12H,1,8H2,2-3H3. The van der Waals surface area contributed by atoms with Crippen molar-refractivity contribution in [2.45, 2.75) is 25.2 Å². The maximum atomic E-state index is 12.2. The van der Waals surface area contributed by atoms with Gasteiger partial charge in [-0.05, 0) is 31.5 Å². The molecule has 2 aromatic rings. The van der Waals surface area contributed by atoms with Crippen molar-refractivity contribution >= 4 is 28.3 Å². The molecule has 2 atom stereocenters. The van der Waals surface area contributed by atoms with Crippen molar-refractivity contribution in [1.29, 1.82) is 0 Å². The summed E-state index contributed by atoms with van der Waals surface area (Å²) in [5, 5.41) is 2.33. The molecule has 0 heterocycles. The molecule has 4 rings (SSSR count). The van der Waals surface area contributed by atoms with Gasteiger partial charge in [0.15, 0.2) is 0 Å². The van der Waals surface area contributed by atoms with Crippen molar-refractivity contribution in [3.05, 3.63) is 58.7 Å². The highest BCUT2D eigenvalue weighted by Crippen LogP contribution is 2.58. The molecule has 4 heteroatoms. The van der Waals surface area contributed by atoms with Gasteiger partial charge in [0.05, 0.1) is 7.11 Å². The minimum absolute atomic E-state index is 0.256. The summed E-state index contributed by atoms with van der Waals surface area (Å²) < 4.78 is 11.5. The summed E-state index contributed by atoms with van der Waals surface area (Å²) in [7, 11) is 1.67. The van der Waals surface area contributed by atoms with Crippen LogP contribution in [-0.4, -0.2) is 13.1 Å². The number of carbonyl (C=O) groups is 1. The molecule has 0 aromatic heterocycles. The number of rotatable bonds is 3. The lowest BCUT2D eigenvalue weighted by molar-refractivity contribution is -0.130. The van der Waals surface area contributed by atoms with Crippen LogP contribution in [0.4, 0.5) is 0 Å². The van der Waals surface area contributed by atoms with Gasteiger partial charge >= 0.3 is 5.97 Å². The zero-order valence-corrected chi connectivity index (χ0v) is 14.3. The topological polar surface area (TPSA) is 35.5 Å². The van der Waals surface area contributed by atoms with Gasteiger partial charge in [0.25, 0.3) is 0 Å². The second kappa shape index (κ2) is 5.38. The molecule has 2 bridgehead atoms. The Hall–Kier alpha value is -2.26. The Morgan fingerprint density at radius 3 is 2.46 bits per heavy atom. The Bertz CT molecular complexity index is 926. The number of hydrogen-bond acceptors (Lipinski definition) is 3. The van der Waals surface area contributed by atoms with E-state index in [-0.39, 0.29) is 5.92 Å². The molecule has 0 radical (unpaired) electrons. The van der Waals surface area contributed by atoms with Crippen molar-refractivity contribution in [2.75, 3.05) is 7.11 Å². The summed E-state index contributed by atoms with van der Waals surface area (Å²) >= 11 is 6.19. The first-order chi connectivity index (χ1) is 11.5. The zero-order chi connectivity index (χ0) is 17.0.